The number of nitrogens with zero attached hydrogens (tertiary/aromatic N) is 2. The van der Waals surface area contributed by atoms with Crippen LogP contribution in [-0.2, 0) is 11.4 Å². The average Bonchev–Trinajstić information content (AvgIpc) is 3.11. The van der Waals surface area contributed by atoms with E-state index in [1.165, 1.54) is 28.8 Å². The van der Waals surface area contributed by atoms with Gasteiger partial charge in [-0.05, 0) is 75.2 Å². The van der Waals surface area contributed by atoms with Crippen molar-refractivity contribution < 1.29 is 24.2 Å². The Bertz CT molecular complexity index is 1340. The van der Waals surface area contributed by atoms with Gasteiger partial charge in [-0.1, -0.05) is 36.4 Å². The first-order valence-corrected chi connectivity index (χ1v) is 12.1. The van der Waals surface area contributed by atoms with Crippen LogP contribution in [0.1, 0.15) is 21.5 Å². The second kappa shape index (κ2) is 10.8. The van der Waals surface area contributed by atoms with Crippen molar-refractivity contribution in [2.45, 2.75) is 6.61 Å². The van der Waals surface area contributed by atoms with Gasteiger partial charge in [0.1, 0.15) is 6.61 Å². The molecule has 1 heterocycles. The zero-order valence-electron chi connectivity index (χ0n) is 18.9. The van der Waals surface area contributed by atoms with Gasteiger partial charge in [-0.3, -0.25) is 9.69 Å². The number of hydrogen-bond donors (Lipinski definition) is 1. The molecule has 3 aromatic carbocycles. The van der Waals surface area contributed by atoms with E-state index in [1.807, 2.05) is 36.4 Å². The highest BCUT2D eigenvalue weighted by atomic mass is 79.9. The second-order valence-corrected chi connectivity index (χ2v) is 9.40. The van der Waals surface area contributed by atoms with Crippen molar-refractivity contribution in [3.05, 3.63) is 92.8 Å². The fourth-order valence-electron chi connectivity index (χ4n) is 3.31. The van der Waals surface area contributed by atoms with E-state index < -0.39 is 5.97 Å². The van der Waals surface area contributed by atoms with Crippen LogP contribution in [-0.4, -0.2) is 41.2 Å². The lowest BCUT2D eigenvalue weighted by atomic mass is 10.1. The van der Waals surface area contributed by atoms with Gasteiger partial charge in [-0.25, -0.2) is 9.79 Å². The third-order valence-corrected chi connectivity index (χ3v) is 6.75. The first-order valence-electron chi connectivity index (χ1n) is 10.5. The number of carbonyl (C=O) groups is 2. The maximum absolute atomic E-state index is 12.8. The number of aliphatic imine (C=N–C) groups is 1. The number of benzene rings is 3. The Morgan fingerprint density at radius 1 is 1.14 bits per heavy atom. The number of aromatic carboxylic acids is 1. The molecule has 3 aromatic rings. The van der Waals surface area contributed by atoms with Gasteiger partial charge in [0.2, 0.25) is 0 Å². The van der Waals surface area contributed by atoms with E-state index in [2.05, 4.69) is 20.9 Å². The first kappa shape index (κ1) is 24.6. The summed E-state index contributed by atoms with van der Waals surface area (Å²) in [5.74, 6) is -0.138. The quantitative estimate of drug-likeness (QED) is 0.363. The average molecular weight is 553 g/mol. The Kier molecular flexibility index (Phi) is 7.57. The largest absolute Gasteiger partial charge is 0.493 e. The molecule has 0 atom stereocenters. The van der Waals surface area contributed by atoms with Gasteiger partial charge in [0.25, 0.3) is 5.91 Å². The van der Waals surface area contributed by atoms with Gasteiger partial charge in [0.15, 0.2) is 16.7 Å². The molecule has 0 radical (unpaired) electrons. The molecule has 0 unspecified atom stereocenters. The molecule has 0 saturated carbocycles. The fraction of sp³-hybridized carbons (Fsp3) is 0.115. The molecule has 0 aliphatic carbocycles. The Balaban J connectivity index is 1.58. The van der Waals surface area contributed by atoms with Crippen LogP contribution in [0.2, 0.25) is 0 Å². The molecule has 1 aliphatic rings. The molecule has 1 N–H and O–H groups in total. The minimum Gasteiger partial charge on any atom is -0.493 e. The van der Waals surface area contributed by atoms with Crippen LogP contribution in [0, 0.1) is 0 Å². The van der Waals surface area contributed by atoms with E-state index in [9.17, 15) is 14.7 Å². The number of amides is 1. The van der Waals surface area contributed by atoms with E-state index in [1.54, 1.807) is 38.4 Å². The molecular weight excluding hydrogens is 532 g/mol. The van der Waals surface area contributed by atoms with Gasteiger partial charge in [0.05, 0.1) is 27.7 Å². The van der Waals surface area contributed by atoms with E-state index >= 15 is 0 Å². The van der Waals surface area contributed by atoms with Crippen molar-refractivity contribution in [1.29, 1.82) is 0 Å². The number of halogens is 1. The molecule has 1 saturated heterocycles. The zero-order chi connectivity index (χ0) is 24.9. The lowest BCUT2D eigenvalue weighted by molar-refractivity contribution is -0.121. The number of thioether (sulfide) groups is 1. The minimum absolute atomic E-state index is 0.131. The highest BCUT2D eigenvalue weighted by Gasteiger charge is 2.30. The Labute approximate surface area is 215 Å². The molecule has 0 spiro atoms. The smallest absolute Gasteiger partial charge is 0.335 e. The number of likely N-dealkylation sites (N-methyl/N-ethyl adjacent to an activating group) is 1. The number of methoxy groups -OCH3 is 1. The van der Waals surface area contributed by atoms with Crippen LogP contribution in [0.4, 0.5) is 5.69 Å². The predicted molar refractivity (Wildman–Crippen MR) is 140 cm³/mol. The van der Waals surface area contributed by atoms with Crippen LogP contribution >= 0.6 is 27.7 Å². The normalized spacial score (nSPS) is 15.6. The SMILES string of the molecule is COc1cc(/C=C2\SC(=Nc3cccc(C(=O)O)c3)N(C)C2=O)cc(Br)c1OCc1ccccc1. The number of carbonyl (C=O) groups excluding carboxylic acids is 1. The predicted octanol–water partition coefficient (Wildman–Crippen LogP) is 5.97. The summed E-state index contributed by atoms with van der Waals surface area (Å²) in [5, 5.41) is 9.65. The van der Waals surface area contributed by atoms with Crippen LogP contribution in [0.5, 0.6) is 11.5 Å². The minimum atomic E-state index is -1.04. The summed E-state index contributed by atoms with van der Waals surface area (Å²) in [6.45, 7) is 0.387. The number of carboxylic acid groups (broad SMARTS) is 1. The maximum Gasteiger partial charge on any atom is 0.335 e. The molecule has 1 aliphatic heterocycles. The third kappa shape index (κ3) is 5.75. The molecule has 35 heavy (non-hydrogen) atoms. The molecule has 0 bridgehead atoms. The molecule has 1 amide bonds. The number of ether oxygens (including phenoxy) is 2. The summed E-state index contributed by atoms with van der Waals surface area (Å²) in [6.07, 6.45) is 1.76. The van der Waals surface area contributed by atoms with Crippen LogP contribution in [0.15, 0.2) is 81.1 Å². The Morgan fingerprint density at radius 3 is 2.63 bits per heavy atom. The number of carboxylic acids is 1. The van der Waals surface area contributed by atoms with E-state index in [-0.39, 0.29) is 11.5 Å². The summed E-state index contributed by atoms with van der Waals surface area (Å²) >= 11 is 4.77. The number of hydrogen-bond acceptors (Lipinski definition) is 6. The van der Waals surface area contributed by atoms with Gasteiger partial charge in [-0.15, -0.1) is 0 Å². The van der Waals surface area contributed by atoms with Gasteiger partial charge < -0.3 is 14.6 Å². The molecular formula is C26H21BrN2O5S. The van der Waals surface area contributed by atoms with Gasteiger partial charge >= 0.3 is 5.97 Å². The summed E-state index contributed by atoms with van der Waals surface area (Å²) in [7, 11) is 3.19. The highest BCUT2D eigenvalue weighted by molar-refractivity contribution is 9.10. The third-order valence-electron chi connectivity index (χ3n) is 5.10. The Hall–Kier alpha value is -3.56. The number of amidine groups is 1. The molecule has 0 aromatic heterocycles. The summed E-state index contributed by atoms with van der Waals surface area (Å²) in [4.78, 5) is 30.5. The molecule has 178 valence electrons. The lowest BCUT2D eigenvalue weighted by Gasteiger charge is -2.14. The van der Waals surface area contributed by atoms with Crippen LogP contribution in [0.3, 0.4) is 0 Å². The molecule has 1 fully saturated rings. The van der Waals surface area contributed by atoms with Crippen molar-refractivity contribution in [1.82, 2.24) is 4.90 Å². The van der Waals surface area contributed by atoms with Crippen molar-refractivity contribution in [3.63, 3.8) is 0 Å². The fourth-order valence-corrected chi connectivity index (χ4v) is 4.88. The van der Waals surface area contributed by atoms with Crippen molar-refractivity contribution >= 4 is 56.5 Å². The van der Waals surface area contributed by atoms with Gasteiger partial charge in [-0.2, -0.15) is 0 Å². The van der Waals surface area contributed by atoms with Crippen molar-refractivity contribution in [2.24, 2.45) is 4.99 Å². The lowest BCUT2D eigenvalue weighted by Crippen LogP contribution is -2.23. The van der Waals surface area contributed by atoms with Gasteiger partial charge in [0, 0.05) is 7.05 Å². The van der Waals surface area contributed by atoms with E-state index in [4.69, 9.17) is 9.47 Å². The molecule has 9 heteroatoms. The number of rotatable bonds is 7. The molecule has 4 rings (SSSR count). The maximum atomic E-state index is 12.8. The molecule has 7 nitrogen and oxygen atoms in total. The van der Waals surface area contributed by atoms with E-state index in [0.717, 1.165) is 11.1 Å². The Morgan fingerprint density at radius 2 is 1.91 bits per heavy atom. The van der Waals surface area contributed by atoms with Crippen LogP contribution < -0.4 is 9.47 Å². The summed E-state index contributed by atoms with van der Waals surface area (Å²) in [5.41, 5.74) is 2.37. The first-order chi connectivity index (χ1) is 16.9. The standard InChI is InChI=1S/C26H21BrN2O5S/c1-29-24(30)22(35-26(29)28-19-10-6-9-18(14-19)25(31)32)13-17-11-20(27)23(21(12-17)33-2)34-15-16-7-4-3-5-8-16/h3-14H,15H2,1-2H3,(H,31,32)/b22-13-,28-26?. The highest BCUT2D eigenvalue weighted by Crippen LogP contribution is 2.39. The van der Waals surface area contributed by atoms with Crippen molar-refractivity contribution in [2.75, 3.05) is 14.2 Å². The zero-order valence-corrected chi connectivity index (χ0v) is 21.3. The second-order valence-electron chi connectivity index (χ2n) is 7.53. The van der Waals surface area contributed by atoms with Crippen LogP contribution in [0.25, 0.3) is 6.08 Å². The monoisotopic (exact) mass is 552 g/mol. The summed E-state index contributed by atoms with van der Waals surface area (Å²) < 4.78 is 12.2. The van der Waals surface area contributed by atoms with Crippen molar-refractivity contribution in [3.8, 4) is 11.5 Å². The topological polar surface area (TPSA) is 88.4 Å². The summed E-state index contributed by atoms with van der Waals surface area (Å²) in [6, 6.07) is 19.7. The van der Waals surface area contributed by atoms with E-state index in [0.29, 0.717) is 38.3 Å².